The lowest BCUT2D eigenvalue weighted by Gasteiger charge is -2.20. The van der Waals surface area contributed by atoms with Gasteiger partial charge in [-0.3, -0.25) is 5.10 Å². The van der Waals surface area contributed by atoms with Crippen LogP contribution < -0.4 is 10.0 Å². The summed E-state index contributed by atoms with van der Waals surface area (Å²) in [6.45, 7) is 9.33. The molecule has 21 heavy (non-hydrogen) atoms. The maximum Gasteiger partial charge on any atom is 0.257 e. The first-order valence-electron chi connectivity index (χ1n) is 7.52. The molecule has 1 saturated carbocycles. The van der Waals surface area contributed by atoms with Crippen molar-refractivity contribution in [3.8, 4) is 0 Å². The Morgan fingerprint density at radius 1 is 1.33 bits per heavy atom. The molecule has 1 aromatic heterocycles. The Labute approximate surface area is 127 Å². The molecule has 7 heteroatoms. The number of aromatic amines is 1. The SMILES string of the molecule is CC(C)NCc1cn[nH]c1S(=O)(=O)NCC1(C(C)C)CC1. The summed E-state index contributed by atoms with van der Waals surface area (Å²) < 4.78 is 27.6. The number of nitrogens with zero attached hydrogens (tertiary/aromatic N) is 1. The van der Waals surface area contributed by atoms with Gasteiger partial charge < -0.3 is 5.32 Å². The quantitative estimate of drug-likeness (QED) is 0.680. The van der Waals surface area contributed by atoms with Gasteiger partial charge in [0.2, 0.25) is 0 Å². The second-order valence-electron chi connectivity index (χ2n) is 6.60. The minimum absolute atomic E-state index is 0.142. The molecular weight excluding hydrogens is 288 g/mol. The third kappa shape index (κ3) is 3.84. The molecule has 0 amide bonds. The van der Waals surface area contributed by atoms with Crippen molar-refractivity contribution in [1.29, 1.82) is 0 Å². The molecular formula is C14H26N4O2S. The molecule has 1 aliphatic carbocycles. The van der Waals surface area contributed by atoms with Crippen LogP contribution in [0.4, 0.5) is 0 Å². The highest BCUT2D eigenvalue weighted by molar-refractivity contribution is 7.89. The van der Waals surface area contributed by atoms with Crippen molar-refractivity contribution in [2.75, 3.05) is 6.54 Å². The van der Waals surface area contributed by atoms with Crippen LogP contribution in [0.15, 0.2) is 11.2 Å². The van der Waals surface area contributed by atoms with Crippen molar-refractivity contribution in [1.82, 2.24) is 20.2 Å². The van der Waals surface area contributed by atoms with E-state index in [2.05, 4.69) is 34.1 Å². The number of hydrogen-bond donors (Lipinski definition) is 3. The van der Waals surface area contributed by atoms with E-state index in [1.165, 1.54) is 0 Å². The molecule has 2 rings (SSSR count). The minimum Gasteiger partial charge on any atom is -0.310 e. The third-order valence-electron chi connectivity index (χ3n) is 4.38. The summed E-state index contributed by atoms with van der Waals surface area (Å²) in [7, 11) is -3.53. The molecule has 0 bridgehead atoms. The van der Waals surface area contributed by atoms with Crippen molar-refractivity contribution in [2.24, 2.45) is 11.3 Å². The van der Waals surface area contributed by atoms with Gasteiger partial charge in [0.1, 0.15) is 0 Å². The maximum atomic E-state index is 12.4. The van der Waals surface area contributed by atoms with Crippen molar-refractivity contribution < 1.29 is 8.42 Å². The summed E-state index contributed by atoms with van der Waals surface area (Å²) in [6.07, 6.45) is 3.76. The maximum absolute atomic E-state index is 12.4. The lowest BCUT2D eigenvalue weighted by atomic mass is 9.93. The van der Waals surface area contributed by atoms with Gasteiger partial charge in [0.05, 0.1) is 6.20 Å². The van der Waals surface area contributed by atoms with Crippen LogP contribution in [0.25, 0.3) is 0 Å². The molecule has 1 aliphatic rings. The van der Waals surface area contributed by atoms with E-state index in [-0.39, 0.29) is 10.4 Å². The van der Waals surface area contributed by atoms with Crippen molar-refractivity contribution in [2.45, 2.75) is 58.1 Å². The van der Waals surface area contributed by atoms with Gasteiger partial charge in [-0.05, 0) is 24.2 Å². The molecule has 0 atom stereocenters. The summed E-state index contributed by atoms with van der Waals surface area (Å²) in [5, 5.41) is 9.88. The molecule has 1 aromatic rings. The summed E-state index contributed by atoms with van der Waals surface area (Å²) >= 11 is 0. The Balaban J connectivity index is 2.04. The summed E-state index contributed by atoms with van der Waals surface area (Å²) in [5.41, 5.74) is 0.814. The normalized spacial score (nSPS) is 17.6. The fourth-order valence-corrected chi connectivity index (χ4v) is 3.67. The molecule has 6 nitrogen and oxygen atoms in total. The Morgan fingerprint density at radius 3 is 2.52 bits per heavy atom. The molecule has 3 N–H and O–H groups in total. The first-order valence-corrected chi connectivity index (χ1v) is 9.00. The van der Waals surface area contributed by atoms with E-state index in [0.717, 1.165) is 12.8 Å². The van der Waals surface area contributed by atoms with Gasteiger partial charge in [0, 0.05) is 24.7 Å². The number of nitrogens with one attached hydrogen (secondary N) is 3. The zero-order valence-corrected chi connectivity index (χ0v) is 14.0. The minimum atomic E-state index is -3.53. The average Bonchev–Trinajstić information content (AvgIpc) is 3.04. The van der Waals surface area contributed by atoms with Crippen LogP contribution in [0.3, 0.4) is 0 Å². The highest BCUT2D eigenvalue weighted by Crippen LogP contribution is 2.51. The van der Waals surface area contributed by atoms with Gasteiger partial charge in [-0.1, -0.05) is 27.7 Å². The van der Waals surface area contributed by atoms with Gasteiger partial charge in [-0.2, -0.15) is 5.10 Å². The standard InChI is InChI=1S/C14H26N4O2S/c1-10(2)14(5-6-14)9-17-21(19,20)13-12(8-16-18-13)7-15-11(3)4/h8,10-11,15,17H,5-7,9H2,1-4H3,(H,16,18). The van der Waals surface area contributed by atoms with Gasteiger partial charge >= 0.3 is 0 Å². The van der Waals surface area contributed by atoms with Crippen molar-refractivity contribution in [3.63, 3.8) is 0 Å². The third-order valence-corrected chi connectivity index (χ3v) is 5.79. The zero-order chi connectivity index (χ0) is 15.7. The Bertz CT molecular complexity index is 574. The highest BCUT2D eigenvalue weighted by atomic mass is 32.2. The lowest BCUT2D eigenvalue weighted by molar-refractivity contribution is 0.357. The fourth-order valence-electron chi connectivity index (χ4n) is 2.40. The molecule has 1 heterocycles. The topological polar surface area (TPSA) is 86.9 Å². The van der Waals surface area contributed by atoms with E-state index in [1.807, 2.05) is 13.8 Å². The van der Waals surface area contributed by atoms with Crippen LogP contribution in [0.1, 0.15) is 46.1 Å². The van der Waals surface area contributed by atoms with Crippen LogP contribution in [-0.4, -0.2) is 31.2 Å². The smallest absolute Gasteiger partial charge is 0.257 e. The largest absolute Gasteiger partial charge is 0.310 e. The van der Waals surface area contributed by atoms with Gasteiger partial charge in [0.25, 0.3) is 10.0 Å². The second kappa shape index (κ2) is 6.06. The first kappa shape index (κ1) is 16.5. The number of rotatable bonds is 8. The molecule has 0 spiro atoms. The van der Waals surface area contributed by atoms with E-state index >= 15 is 0 Å². The van der Waals surface area contributed by atoms with Crippen LogP contribution in [0.5, 0.6) is 0 Å². The summed E-state index contributed by atoms with van der Waals surface area (Å²) in [4.78, 5) is 0. The van der Waals surface area contributed by atoms with Crippen LogP contribution in [0, 0.1) is 11.3 Å². The molecule has 120 valence electrons. The lowest BCUT2D eigenvalue weighted by Crippen LogP contribution is -2.33. The number of sulfonamides is 1. The summed E-state index contributed by atoms with van der Waals surface area (Å²) in [5.74, 6) is 0.490. The van der Waals surface area contributed by atoms with E-state index < -0.39 is 10.0 Å². The predicted molar refractivity (Wildman–Crippen MR) is 82.3 cm³/mol. The average molecular weight is 314 g/mol. The van der Waals surface area contributed by atoms with Gasteiger partial charge in [-0.15, -0.1) is 0 Å². The number of aromatic nitrogens is 2. The second-order valence-corrected chi connectivity index (χ2v) is 8.31. The molecule has 0 unspecified atom stereocenters. The molecule has 0 aromatic carbocycles. The van der Waals surface area contributed by atoms with E-state index in [0.29, 0.717) is 30.6 Å². The van der Waals surface area contributed by atoms with Crippen LogP contribution >= 0.6 is 0 Å². The van der Waals surface area contributed by atoms with Crippen LogP contribution in [-0.2, 0) is 16.6 Å². The Hall–Kier alpha value is -0.920. The van der Waals surface area contributed by atoms with E-state index in [1.54, 1.807) is 6.20 Å². The summed E-state index contributed by atoms with van der Waals surface area (Å²) in [6, 6.07) is 0.291. The van der Waals surface area contributed by atoms with E-state index in [4.69, 9.17) is 0 Å². The monoisotopic (exact) mass is 314 g/mol. The molecule has 0 aliphatic heterocycles. The number of hydrogen-bond acceptors (Lipinski definition) is 4. The van der Waals surface area contributed by atoms with Crippen molar-refractivity contribution in [3.05, 3.63) is 11.8 Å². The highest BCUT2D eigenvalue weighted by Gasteiger charge is 2.45. The Kier molecular flexibility index (Phi) is 4.75. The predicted octanol–water partition coefficient (Wildman–Crippen LogP) is 1.62. The first-order chi connectivity index (χ1) is 9.77. The van der Waals surface area contributed by atoms with E-state index in [9.17, 15) is 8.42 Å². The van der Waals surface area contributed by atoms with Gasteiger partial charge in [-0.25, -0.2) is 13.1 Å². The molecule has 0 saturated heterocycles. The molecule has 1 fully saturated rings. The van der Waals surface area contributed by atoms with Crippen LogP contribution in [0.2, 0.25) is 0 Å². The fraction of sp³-hybridized carbons (Fsp3) is 0.786. The Morgan fingerprint density at radius 2 is 2.00 bits per heavy atom. The molecule has 0 radical (unpaired) electrons. The van der Waals surface area contributed by atoms with Crippen molar-refractivity contribution >= 4 is 10.0 Å². The number of H-pyrrole nitrogens is 1. The van der Waals surface area contributed by atoms with Gasteiger partial charge in [0.15, 0.2) is 5.03 Å². The zero-order valence-electron chi connectivity index (χ0n) is 13.2.